The van der Waals surface area contributed by atoms with Crippen LogP contribution in [0.5, 0.6) is 0 Å². The minimum absolute atomic E-state index is 0.0923. The molecular formula is C18H21N5O. The summed E-state index contributed by atoms with van der Waals surface area (Å²) in [5.74, 6) is 1.86. The fourth-order valence-corrected chi connectivity index (χ4v) is 3.33. The lowest BCUT2D eigenvalue weighted by atomic mass is 10.2. The normalized spacial score (nSPS) is 16.5. The Bertz CT molecular complexity index is 753. The monoisotopic (exact) mass is 323 g/mol. The summed E-state index contributed by atoms with van der Waals surface area (Å²) < 4.78 is 0. The van der Waals surface area contributed by atoms with Gasteiger partial charge in [-0.15, -0.1) is 0 Å². The number of hydrogen-bond acceptors (Lipinski definition) is 5. The molecule has 2 aromatic heterocycles. The number of carbonyl (C=O) groups excluding carboxylic acids is 1. The molecule has 0 atom stereocenters. The first-order valence-corrected chi connectivity index (χ1v) is 8.58. The summed E-state index contributed by atoms with van der Waals surface area (Å²) in [6.07, 6.45) is 6.67. The highest BCUT2D eigenvalue weighted by atomic mass is 16.2. The average molecular weight is 323 g/mol. The first-order valence-electron chi connectivity index (χ1n) is 8.58. The highest BCUT2D eigenvalue weighted by Gasteiger charge is 2.23. The quantitative estimate of drug-likeness (QED) is 0.866. The van der Waals surface area contributed by atoms with Crippen molar-refractivity contribution < 1.29 is 4.79 Å². The van der Waals surface area contributed by atoms with Crippen LogP contribution in [0.3, 0.4) is 0 Å². The SMILES string of the molecule is CCc1ncc2c(n1)CN(c1ccc(C(=O)N3CCCC3)cn1)C2. The lowest BCUT2D eigenvalue weighted by Gasteiger charge is -2.18. The number of aryl methyl sites for hydroxylation is 1. The van der Waals surface area contributed by atoms with E-state index < -0.39 is 0 Å². The van der Waals surface area contributed by atoms with Crippen LogP contribution in [0.2, 0.25) is 0 Å². The van der Waals surface area contributed by atoms with E-state index in [1.807, 2.05) is 23.2 Å². The average Bonchev–Trinajstić information content (AvgIpc) is 3.30. The Morgan fingerprint density at radius 3 is 2.67 bits per heavy atom. The smallest absolute Gasteiger partial charge is 0.255 e. The number of fused-ring (bicyclic) bond motifs is 1. The standard InChI is InChI=1S/C18H21N5O/c1-2-16-19-10-14-11-23(12-15(14)21-16)17-6-5-13(9-20-17)18(24)22-7-3-4-8-22/h5-6,9-10H,2-4,7-8,11-12H2,1H3. The zero-order chi connectivity index (χ0) is 16.5. The van der Waals surface area contributed by atoms with Crippen molar-refractivity contribution >= 4 is 11.7 Å². The van der Waals surface area contributed by atoms with Crippen LogP contribution in [0.1, 0.15) is 47.2 Å². The van der Waals surface area contributed by atoms with E-state index in [0.29, 0.717) is 5.56 Å². The zero-order valence-electron chi connectivity index (χ0n) is 13.9. The second-order valence-electron chi connectivity index (χ2n) is 6.37. The summed E-state index contributed by atoms with van der Waals surface area (Å²) in [5, 5.41) is 0. The largest absolute Gasteiger partial charge is 0.346 e. The number of hydrogen-bond donors (Lipinski definition) is 0. The maximum absolute atomic E-state index is 12.4. The number of rotatable bonds is 3. The summed E-state index contributed by atoms with van der Waals surface area (Å²) in [7, 11) is 0. The van der Waals surface area contributed by atoms with Gasteiger partial charge in [-0.25, -0.2) is 15.0 Å². The molecule has 4 rings (SSSR count). The summed E-state index contributed by atoms with van der Waals surface area (Å²) in [6, 6.07) is 3.82. The molecule has 2 aliphatic rings. The van der Waals surface area contributed by atoms with Gasteiger partial charge in [0, 0.05) is 44.0 Å². The van der Waals surface area contributed by atoms with Crippen molar-refractivity contribution in [2.75, 3.05) is 18.0 Å². The van der Waals surface area contributed by atoms with Crippen molar-refractivity contribution in [2.45, 2.75) is 39.3 Å². The molecule has 2 aliphatic heterocycles. The minimum atomic E-state index is 0.0923. The van der Waals surface area contributed by atoms with Gasteiger partial charge in [0.25, 0.3) is 5.91 Å². The Balaban J connectivity index is 1.49. The van der Waals surface area contributed by atoms with Gasteiger partial charge < -0.3 is 9.80 Å². The third-order valence-corrected chi connectivity index (χ3v) is 4.73. The molecule has 0 N–H and O–H groups in total. The predicted octanol–water partition coefficient (Wildman–Crippen LogP) is 2.19. The molecule has 0 radical (unpaired) electrons. The molecule has 4 heterocycles. The Hall–Kier alpha value is -2.50. The Morgan fingerprint density at radius 2 is 1.96 bits per heavy atom. The van der Waals surface area contributed by atoms with E-state index in [0.717, 1.165) is 68.3 Å². The van der Waals surface area contributed by atoms with Gasteiger partial charge in [-0.3, -0.25) is 4.79 Å². The molecule has 0 bridgehead atoms. The lowest BCUT2D eigenvalue weighted by molar-refractivity contribution is 0.0792. The van der Waals surface area contributed by atoms with Crippen LogP contribution in [0, 0.1) is 0 Å². The second-order valence-corrected chi connectivity index (χ2v) is 6.37. The Morgan fingerprint density at radius 1 is 1.12 bits per heavy atom. The van der Waals surface area contributed by atoms with Gasteiger partial charge in [-0.2, -0.15) is 0 Å². The van der Waals surface area contributed by atoms with Crippen LogP contribution in [-0.2, 0) is 19.5 Å². The maximum Gasteiger partial charge on any atom is 0.255 e. The van der Waals surface area contributed by atoms with Gasteiger partial charge in [0.1, 0.15) is 11.6 Å². The van der Waals surface area contributed by atoms with E-state index in [9.17, 15) is 4.79 Å². The zero-order valence-corrected chi connectivity index (χ0v) is 13.9. The van der Waals surface area contributed by atoms with Gasteiger partial charge in [0.2, 0.25) is 0 Å². The first kappa shape index (κ1) is 15.1. The molecule has 24 heavy (non-hydrogen) atoms. The van der Waals surface area contributed by atoms with Gasteiger partial charge in [-0.05, 0) is 25.0 Å². The minimum Gasteiger partial charge on any atom is -0.346 e. The van der Waals surface area contributed by atoms with Crippen molar-refractivity contribution in [3.05, 3.63) is 47.2 Å². The van der Waals surface area contributed by atoms with Gasteiger partial charge in [0.05, 0.1) is 17.8 Å². The van der Waals surface area contributed by atoms with E-state index in [1.54, 1.807) is 6.20 Å². The molecule has 0 spiro atoms. The third kappa shape index (κ3) is 2.72. The number of pyridine rings is 1. The first-order chi connectivity index (χ1) is 11.7. The molecule has 1 fully saturated rings. The van der Waals surface area contributed by atoms with E-state index in [1.165, 1.54) is 0 Å². The Kier molecular flexibility index (Phi) is 3.88. The van der Waals surface area contributed by atoms with Crippen molar-refractivity contribution in [3.8, 4) is 0 Å². The van der Waals surface area contributed by atoms with Crippen LogP contribution in [0.25, 0.3) is 0 Å². The summed E-state index contributed by atoms with van der Waals surface area (Å²) in [4.78, 5) is 29.9. The molecule has 0 unspecified atom stereocenters. The molecule has 1 saturated heterocycles. The molecule has 2 aromatic rings. The van der Waals surface area contributed by atoms with Crippen molar-refractivity contribution in [1.29, 1.82) is 0 Å². The molecule has 0 aliphatic carbocycles. The van der Waals surface area contributed by atoms with Gasteiger partial charge in [0.15, 0.2) is 0 Å². The highest BCUT2D eigenvalue weighted by Crippen LogP contribution is 2.25. The molecule has 0 aromatic carbocycles. The van der Waals surface area contributed by atoms with Crippen LogP contribution in [-0.4, -0.2) is 38.8 Å². The molecule has 0 saturated carbocycles. The number of anilines is 1. The summed E-state index contributed by atoms with van der Waals surface area (Å²) in [5.41, 5.74) is 2.91. The van der Waals surface area contributed by atoms with Crippen LogP contribution >= 0.6 is 0 Å². The van der Waals surface area contributed by atoms with Crippen molar-refractivity contribution in [3.63, 3.8) is 0 Å². The second kappa shape index (κ2) is 6.19. The number of aromatic nitrogens is 3. The fraction of sp³-hybridized carbons (Fsp3) is 0.444. The van der Waals surface area contributed by atoms with E-state index in [2.05, 4.69) is 26.8 Å². The number of nitrogens with zero attached hydrogens (tertiary/aromatic N) is 5. The van der Waals surface area contributed by atoms with E-state index >= 15 is 0 Å². The topological polar surface area (TPSA) is 62.2 Å². The third-order valence-electron chi connectivity index (χ3n) is 4.73. The summed E-state index contributed by atoms with van der Waals surface area (Å²) in [6.45, 7) is 5.30. The highest BCUT2D eigenvalue weighted by molar-refractivity contribution is 5.94. The van der Waals surface area contributed by atoms with Crippen LogP contribution in [0.15, 0.2) is 24.5 Å². The lowest BCUT2D eigenvalue weighted by Crippen LogP contribution is -2.27. The van der Waals surface area contributed by atoms with Crippen molar-refractivity contribution in [2.24, 2.45) is 0 Å². The molecule has 6 nitrogen and oxygen atoms in total. The van der Waals surface area contributed by atoms with Gasteiger partial charge in [-0.1, -0.05) is 6.92 Å². The number of carbonyl (C=O) groups is 1. The molecule has 124 valence electrons. The van der Waals surface area contributed by atoms with Crippen molar-refractivity contribution in [1.82, 2.24) is 19.9 Å². The number of likely N-dealkylation sites (tertiary alicyclic amines) is 1. The molecule has 1 amide bonds. The van der Waals surface area contributed by atoms with E-state index in [-0.39, 0.29) is 5.91 Å². The summed E-state index contributed by atoms with van der Waals surface area (Å²) >= 11 is 0. The van der Waals surface area contributed by atoms with Gasteiger partial charge >= 0.3 is 0 Å². The Labute approximate surface area is 141 Å². The van der Waals surface area contributed by atoms with Crippen LogP contribution in [0.4, 0.5) is 5.82 Å². The molecule has 6 heteroatoms. The molecular weight excluding hydrogens is 302 g/mol. The van der Waals surface area contributed by atoms with Crippen LogP contribution < -0.4 is 4.90 Å². The maximum atomic E-state index is 12.4. The number of amides is 1. The fourth-order valence-electron chi connectivity index (χ4n) is 3.33. The van der Waals surface area contributed by atoms with E-state index in [4.69, 9.17) is 0 Å². The predicted molar refractivity (Wildman–Crippen MR) is 90.7 cm³/mol.